The number of fused-ring (bicyclic) bond motifs is 1. The normalized spacial score (nSPS) is 14.0. The van der Waals surface area contributed by atoms with Crippen molar-refractivity contribution in [2.24, 2.45) is 0 Å². The highest BCUT2D eigenvalue weighted by atomic mass is 79.9. The van der Waals surface area contributed by atoms with E-state index in [-0.39, 0.29) is 22.4 Å². The summed E-state index contributed by atoms with van der Waals surface area (Å²) >= 11 is 7.55. The van der Waals surface area contributed by atoms with Crippen molar-refractivity contribution in [2.45, 2.75) is 37.0 Å². The van der Waals surface area contributed by atoms with Crippen LogP contribution in [0.25, 0.3) is 0 Å². The summed E-state index contributed by atoms with van der Waals surface area (Å²) in [5, 5.41) is 2.69. The first-order valence-corrected chi connectivity index (χ1v) is 10.7. The number of carbonyl (C=O) groups excluding carboxylic acids is 1. The molecule has 1 aromatic heterocycles. The number of thioether (sulfide) groups is 1. The highest BCUT2D eigenvalue weighted by molar-refractivity contribution is 9.11. The Morgan fingerprint density at radius 2 is 1.93 bits per heavy atom. The molecule has 144 valence electrons. The van der Waals surface area contributed by atoms with E-state index in [1.54, 1.807) is 12.1 Å². The van der Waals surface area contributed by atoms with Gasteiger partial charge in [0.2, 0.25) is 5.91 Å². The van der Waals surface area contributed by atoms with Crippen LogP contribution in [0, 0.1) is 0 Å². The van der Waals surface area contributed by atoms with Crippen molar-refractivity contribution < 1.29 is 18.0 Å². The van der Waals surface area contributed by atoms with Crippen LogP contribution in [-0.4, -0.2) is 21.6 Å². The Morgan fingerprint density at radius 3 is 2.67 bits per heavy atom. The van der Waals surface area contributed by atoms with Crippen molar-refractivity contribution in [3.63, 3.8) is 0 Å². The number of hydrogen-bond acceptors (Lipinski definition) is 4. The number of rotatable bonds is 4. The molecule has 0 spiro atoms. The number of halogens is 5. The van der Waals surface area contributed by atoms with Crippen LogP contribution in [0.1, 0.15) is 29.8 Å². The van der Waals surface area contributed by atoms with Gasteiger partial charge in [0.05, 0.1) is 11.4 Å². The number of hydrogen-bond donors (Lipinski definition) is 1. The molecule has 1 aliphatic rings. The van der Waals surface area contributed by atoms with Gasteiger partial charge >= 0.3 is 6.18 Å². The molecule has 1 aromatic carbocycles. The van der Waals surface area contributed by atoms with Crippen LogP contribution in [0.4, 0.5) is 18.9 Å². The molecular weight excluding hydrogens is 511 g/mol. The van der Waals surface area contributed by atoms with Gasteiger partial charge in [-0.15, -0.1) is 0 Å². The summed E-state index contributed by atoms with van der Waals surface area (Å²) in [4.78, 5) is 20.1. The van der Waals surface area contributed by atoms with Crippen molar-refractivity contribution in [1.82, 2.24) is 9.97 Å². The van der Waals surface area contributed by atoms with E-state index in [1.807, 2.05) is 6.07 Å². The number of aromatic nitrogens is 2. The molecule has 0 bridgehead atoms. The van der Waals surface area contributed by atoms with Crippen LogP contribution in [-0.2, 0) is 23.8 Å². The molecule has 10 heteroatoms. The lowest BCUT2D eigenvalue weighted by Gasteiger charge is -2.20. The fourth-order valence-electron chi connectivity index (χ4n) is 2.78. The van der Waals surface area contributed by atoms with Crippen molar-refractivity contribution in [3.8, 4) is 0 Å². The lowest BCUT2D eigenvalue weighted by atomic mass is 9.94. The Bertz CT molecular complexity index is 877. The van der Waals surface area contributed by atoms with Crippen LogP contribution >= 0.6 is 43.6 Å². The van der Waals surface area contributed by atoms with Gasteiger partial charge in [-0.2, -0.15) is 13.2 Å². The Hall–Kier alpha value is -1.13. The molecular formula is C17H14Br2F3N3OS. The fourth-order valence-corrected chi connectivity index (χ4v) is 4.15. The molecule has 0 aliphatic heterocycles. The number of nitrogens with zero attached hydrogens (tertiary/aromatic N) is 2. The van der Waals surface area contributed by atoms with Gasteiger partial charge in [-0.25, -0.2) is 9.97 Å². The Balaban J connectivity index is 1.74. The number of carbonyl (C=O) groups is 1. The van der Waals surface area contributed by atoms with E-state index in [2.05, 4.69) is 47.1 Å². The van der Waals surface area contributed by atoms with Crippen LogP contribution in [0.3, 0.4) is 0 Å². The van der Waals surface area contributed by atoms with E-state index in [1.165, 1.54) is 0 Å². The smallest absolute Gasteiger partial charge is 0.324 e. The Morgan fingerprint density at radius 1 is 1.19 bits per heavy atom. The fraction of sp³-hybridized carbons (Fsp3) is 0.353. The average Bonchev–Trinajstić information content (AvgIpc) is 2.61. The standard InChI is InChI=1S/C17H14Br2F3N3OS/c18-9-5-6-11(19)13(7-9)23-14(26)8-27-16-24-12-4-2-1-3-10(12)15(25-16)17(20,21)22/h5-7H,1-4,8H2,(H,23,26). The molecule has 2 aromatic rings. The van der Waals surface area contributed by atoms with Gasteiger partial charge in [-0.1, -0.05) is 27.7 Å². The third kappa shape index (κ3) is 5.23. The van der Waals surface area contributed by atoms with Gasteiger partial charge in [0.15, 0.2) is 10.9 Å². The van der Waals surface area contributed by atoms with E-state index < -0.39 is 11.9 Å². The van der Waals surface area contributed by atoms with Crippen molar-refractivity contribution in [2.75, 3.05) is 11.1 Å². The molecule has 0 saturated carbocycles. The minimum atomic E-state index is -4.52. The first kappa shape index (κ1) is 20.6. The summed E-state index contributed by atoms with van der Waals surface area (Å²) in [6, 6.07) is 5.31. The second kappa shape index (κ2) is 8.48. The molecule has 1 heterocycles. The molecule has 1 amide bonds. The summed E-state index contributed by atoms with van der Waals surface area (Å²) < 4.78 is 41.5. The molecule has 27 heavy (non-hydrogen) atoms. The lowest BCUT2D eigenvalue weighted by Crippen LogP contribution is -2.20. The molecule has 0 saturated heterocycles. The second-order valence-corrected chi connectivity index (χ2v) is 8.66. The first-order valence-electron chi connectivity index (χ1n) is 8.08. The number of anilines is 1. The van der Waals surface area contributed by atoms with E-state index in [4.69, 9.17) is 0 Å². The maximum atomic E-state index is 13.3. The zero-order valence-electron chi connectivity index (χ0n) is 13.9. The lowest BCUT2D eigenvalue weighted by molar-refractivity contribution is -0.142. The van der Waals surface area contributed by atoms with Crippen LogP contribution < -0.4 is 5.32 Å². The summed E-state index contributed by atoms with van der Waals surface area (Å²) in [7, 11) is 0. The number of alkyl halides is 3. The molecule has 1 aliphatic carbocycles. The third-order valence-corrected chi connectivity index (χ3v) is 6.00. The summed E-state index contributed by atoms with van der Waals surface area (Å²) in [6.45, 7) is 0. The Kier molecular flexibility index (Phi) is 6.47. The first-order chi connectivity index (χ1) is 12.7. The minimum absolute atomic E-state index is 0.0218. The minimum Gasteiger partial charge on any atom is -0.324 e. The maximum absolute atomic E-state index is 13.3. The number of nitrogens with one attached hydrogen (secondary N) is 1. The van der Waals surface area contributed by atoms with Gasteiger partial charge in [0.25, 0.3) is 0 Å². The summed E-state index contributed by atoms with van der Waals surface area (Å²) in [5.41, 5.74) is 0.337. The van der Waals surface area contributed by atoms with E-state index >= 15 is 0 Å². The van der Waals surface area contributed by atoms with Crippen LogP contribution in [0.5, 0.6) is 0 Å². The predicted molar refractivity (Wildman–Crippen MR) is 105 cm³/mol. The number of aryl methyl sites for hydroxylation is 1. The van der Waals surface area contributed by atoms with Crippen molar-refractivity contribution in [1.29, 1.82) is 0 Å². The van der Waals surface area contributed by atoms with Crippen LogP contribution in [0.15, 0.2) is 32.3 Å². The molecule has 0 atom stereocenters. The van der Waals surface area contributed by atoms with Crippen LogP contribution in [0.2, 0.25) is 0 Å². The quantitative estimate of drug-likeness (QED) is 0.416. The largest absolute Gasteiger partial charge is 0.433 e. The molecule has 0 fully saturated rings. The van der Waals surface area contributed by atoms with Gasteiger partial charge < -0.3 is 5.32 Å². The molecule has 0 unspecified atom stereocenters. The van der Waals surface area contributed by atoms with E-state index in [0.29, 0.717) is 35.1 Å². The molecule has 0 radical (unpaired) electrons. The summed E-state index contributed by atoms with van der Waals surface area (Å²) in [5.74, 6) is -0.441. The molecule has 1 N–H and O–H groups in total. The maximum Gasteiger partial charge on any atom is 0.433 e. The SMILES string of the molecule is O=C(CSc1nc2c(c(C(F)(F)F)n1)CCCC2)Nc1cc(Br)ccc1Br. The van der Waals surface area contributed by atoms with E-state index in [0.717, 1.165) is 22.7 Å². The van der Waals surface area contributed by atoms with Crippen molar-refractivity contribution in [3.05, 3.63) is 44.1 Å². The molecule has 3 rings (SSSR count). The second-order valence-electron chi connectivity index (χ2n) is 5.95. The average molecular weight is 525 g/mol. The third-order valence-electron chi connectivity index (χ3n) is 3.97. The topological polar surface area (TPSA) is 54.9 Å². The summed E-state index contributed by atoms with van der Waals surface area (Å²) in [6.07, 6.45) is -2.17. The van der Waals surface area contributed by atoms with Crippen molar-refractivity contribution >= 4 is 55.2 Å². The zero-order valence-corrected chi connectivity index (χ0v) is 17.9. The van der Waals surface area contributed by atoms with Gasteiger partial charge in [0.1, 0.15) is 0 Å². The van der Waals surface area contributed by atoms with Gasteiger partial charge in [0, 0.05) is 20.2 Å². The number of benzene rings is 1. The Labute approximate surface area is 175 Å². The van der Waals surface area contributed by atoms with Gasteiger partial charge in [-0.05, 0) is 59.8 Å². The number of amides is 1. The highest BCUT2D eigenvalue weighted by Crippen LogP contribution is 2.35. The monoisotopic (exact) mass is 523 g/mol. The highest BCUT2D eigenvalue weighted by Gasteiger charge is 2.38. The van der Waals surface area contributed by atoms with E-state index in [9.17, 15) is 18.0 Å². The predicted octanol–water partition coefficient (Wildman–Crippen LogP) is 5.63. The zero-order chi connectivity index (χ0) is 19.6. The van der Waals surface area contributed by atoms with Gasteiger partial charge in [-0.3, -0.25) is 4.79 Å². The molecule has 4 nitrogen and oxygen atoms in total.